The van der Waals surface area contributed by atoms with Gasteiger partial charge in [0.1, 0.15) is 0 Å². The van der Waals surface area contributed by atoms with Crippen molar-refractivity contribution in [3.63, 3.8) is 0 Å². The van der Waals surface area contributed by atoms with Gasteiger partial charge in [-0.3, -0.25) is 9.59 Å². The third kappa shape index (κ3) is 61.6. The third-order valence-corrected chi connectivity index (χ3v) is 16.2. The average molecular weight is 1070 g/mol. The minimum atomic E-state index is -0.846. The molecule has 0 spiro atoms. The molecule has 0 rings (SSSR count). The zero-order valence-corrected chi connectivity index (χ0v) is 51.5. The summed E-state index contributed by atoms with van der Waals surface area (Å²) in [4.78, 5) is 24.5. The Morgan fingerprint density at radius 2 is 0.618 bits per heavy atom. The maximum Gasteiger partial charge on any atom is 0.305 e. The molecule has 0 aromatic carbocycles. The van der Waals surface area contributed by atoms with Crippen LogP contribution < -0.4 is 5.32 Å². The SMILES string of the molecule is CCCCCCCCCCCCCCCCCCCCC/C=C/C(O)C(CO)NC(=O)CCCCCCCCCCCC/C=C\CCCCCCCCCCCCCCOC(=O)CCCCCCCCCCCCCC. The molecule has 6 nitrogen and oxygen atoms in total. The fourth-order valence-electron chi connectivity index (χ4n) is 10.9. The van der Waals surface area contributed by atoms with E-state index < -0.39 is 12.1 Å². The molecule has 76 heavy (non-hydrogen) atoms. The molecule has 0 bridgehead atoms. The first-order valence-corrected chi connectivity index (χ1v) is 34.6. The molecule has 3 N–H and O–H groups in total. The average Bonchev–Trinajstić information content (AvgIpc) is 3.42. The molecule has 2 atom stereocenters. The summed E-state index contributed by atoms with van der Waals surface area (Å²) >= 11 is 0. The molecular weight excluding hydrogens is 935 g/mol. The fraction of sp³-hybridized carbons (Fsp3) is 0.914. The summed E-state index contributed by atoms with van der Waals surface area (Å²) in [5.41, 5.74) is 0. The number of aliphatic hydroxyl groups excluding tert-OH is 2. The second-order valence-corrected chi connectivity index (χ2v) is 23.9. The van der Waals surface area contributed by atoms with Crippen molar-refractivity contribution in [1.29, 1.82) is 0 Å². The van der Waals surface area contributed by atoms with Crippen LogP contribution in [0.25, 0.3) is 0 Å². The number of amides is 1. The Hall–Kier alpha value is -1.66. The van der Waals surface area contributed by atoms with Crippen molar-refractivity contribution in [1.82, 2.24) is 5.32 Å². The van der Waals surface area contributed by atoms with Gasteiger partial charge in [0.05, 0.1) is 25.4 Å². The van der Waals surface area contributed by atoms with Crippen LogP contribution in [0.4, 0.5) is 0 Å². The van der Waals surface area contributed by atoms with Crippen LogP contribution in [0.5, 0.6) is 0 Å². The summed E-state index contributed by atoms with van der Waals surface area (Å²) in [6.07, 6.45) is 82.5. The van der Waals surface area contributed by atoms with Gasteiger partial charge < -0.3 is 20.3 Å². The van der Waals surface area contributed by atoms with Crippen LogP contribution in [0.15, 0.2) is 24.3 Å². The predicted molar refractivity (Wildman–Crippen MR) is 333 cm³/mol. The van der Waals surface area contributed by atoms with Crippen LogP contribution in [-0.2, 0) is 14.3 Å². The highest BCUT2D eigenvalue weighted by molar-refractivity contribution is 5.76. The van der Waals surface area contributed by atoms with Gasteiger partial charge in [0.2, 0.25) is 5.91 Å². The maximum absolute atomic E-state index is 12.5. The summed E-state index contributed by atoms with van der Waals surface area (Å²) in [7, 11) is 0. The van der Waals surface area contributed by atoms with Crippen molar-refractivity contribution in [3.05, 3.63) is 24.3 Å². The van der Waals surface area contributed by atoms with E-state index in [1.54, 1.807) is 6.08 Å². The molecule has 0 aliphatic carbocycles. The summed E-state index contributed by atoms with van der Waals surface area (Å²) in [5.74, 6) is -0.0507. The highest BCUT2D eigenvalue weighted by Gasteiger charge is 2.18. The Kier molecular flexibility index (Phi) is 64.4. The lowest BCUT2D eigenvalue weighted by Crippen LogP contribution is -2.45. The van der Waals surface area contributed by atoms with E-state index in [1.165, 1.54) is 321 Å². The monoisotopic (exact) mass is 1070 g/mol. The van der Waals surface area contributed by atoms with E-state index in [9.17, 15) is 19.8 Å². The second-order valence-electron chi connectivity index (χ2n) is 23.9. The number of carbonyl (C=O) groups excluding carboxylic acids is 2. The number of unbranched alkanes of at least 4 members (excludes halogenated alkanes) is 52. The number of allylic oxidation sites excluding steroid dienone is 3. The van der Waals surface area contributed by atoms with Crippen molar-refractivity contribution in [2.75, 3.05) is 13.2 Å². The Morgan fingerprint density at radius 1 is 0.355 bits per heavy atom. The summed E-state index contributed by atoms with van der Waals surface area (Å²) < 4.78 is 5.48. The van der Waals surface area contributed by atoms with Crippen LogP contribution >= 0.6 is 0 Å². The van der Waals surface area contributed by atoms with Crippen LogP contribution in [0, 0.1) is 0 Å². The van der Waals surface area contributed by atoms with Crippen molar-refractivity contribution in [2.24, 2.45) is 0 Å². The lowest BCUT2D eigenvalue weighted by atomic mass is 10.0. The van der Waals surface area contributed by atoms with Crippen LogP contribution in [0.1, 0.15) is 386 Å². The van der Waals surface area contributed by atoms with Gasteiger partial charge in [-0.25, -0.2) is 0 Å². The minimum absolute atomic E-state index is 0.0152. The first-order valence-electron chi connectivity index (χ1n) is 34.6. The van der Waals surface area contributed by atoms with E-state index in [0.29, 0.717) is 19.4 Å². The summed E-state index contributed by atoms with van der Waals surface area (Å²) in [6.45, 7) is 4.94. The Bertz CT molecular complexity index is 1190. The van der Waals surface area contributed by atoms with Crippen molar-refractivity contribution in [3.8, 4) is 0 Å². The Morgan fingerprint density at radius 3 is 0.934 bits per heavy atom. The van der Waals surface area contributed by atoms with E-state index in [2.05, 4.69) is 31.3 Å². The quantitative estimate of drug-likeness (QED) is 0.0320. The number of nitrogens with one attached hydrogen (secondary N) is 1. The molecule has 450 valence electrons. The Labute approximate surface area is 475 Å². The molecule has 0 heterocycles. The minimum Gasteiger partial charge on any atom is -0.466 e. The van der Waals surface area contributed by atoms with Gasteiger partial charge in [-0.05, 0) is 57.8 Å². The van der Waals surface area contributed by atoms with Crippen LogP contribution in [0.2, 0.25) is 0 Å². The van der Waals surface area contributed by atoms with Gasteiger partial charge in [-0.2, -0.15) is 0 Å². The fourth-order valence-corrected chi connectivity index (χ4v) is 10.9. The molecule has 0 saturated carbocycles. The van der Waals surface area contributed by atoms with Gasteiger partial charge in [0.25, 0.3) is 0 Å². The zero-order chi connectivity index (χ0) is 55.0. The van der Waals surface area contributed by atoms with Gasteiger partial charge in [0.15, 0.2) is 0 Å². The number of hydrogen-bond acceptors (Lipinski definition) is 5. The molecule has 0 radical (unpaired) electrons. The molecule has 0 aliphatic rings. The van der Waals surface area contributed by atoms with E-state index in [-0.39, 0.29) is 18.5 Å². The first-order chi connectivity index (χ1) is 37.5. The van der Waals surface area contributed by atoms with Crippen molar-refractivity contribution in [2.45, 2.75) is 398 Å². The number of ether oxygens (including phenoxy) is 1. The van der Waals surface area contributed by atoms with E-state index in [0.717, 1.165) is 38.5 Å². The molecule has 0 aliphatic heterocycles. The first kappa shape index (κ1) is 74.3. The number of carbonyl (C=O) groups is 2. The number of aliphatic hydroxyl groups is 2. The van der Waals surface area contributed by atoms with Gasteiger partial charge in [-0.1, -0.05) is 340 Å². The summed E-state index contributed by atoms with van der Waals surface area (Å²) in [6, 6.07) is -0.630. The van der Waals surface area contributed by atoms with E-state index in [1.807, 2.05) is 6.08 Å². The molecule has 2 unspecified atom stereocenters. The zero-order valence-electron chi connectivity index (χ0n) is 51.5. The highest BCUT2D eigenvalue weighted by Crippen LogP contribution is 2.18. The second kappa shape index (κ2) is 65.9. The lowest BCUT2D eigenvalue weighted by Gasteiger charge is -2.20. The van der Waals surface area contributed by atoms with Crippen LogP contribution in [0.3, 0.4) is 0 Å². The topological polar surface area (TPSA) is 95.9 Å². The standard InChI is InChI=1S/C70H135NO5/c1-3-5-7-9-11-13-15-17-18-19-20-27-30-33-36-39-42-46-50-54-58-62-68(73)67(66-72)71-69(74)63-59-55-51-47-43-40-37-34-31-28-25-23-21-22-24-26-29-32-35-38-41-45-49-53-57-61-65-76-70(75)64-60-56-52-48-44-16-14-12-10-8-6-4-2/h21,23,58,62,67-68,72-73H,3-20,22,24-57,59-61,63-66H2,1-2H3,(H,71,74)/b23-21-,62-58+. The maximum atomic E-state index is 12.5. The normalized spacial score (nSPS) is 12.6. The molecule has 6 heteroatoms. The highest BCUT2D eigenvalue weighted by atomic mass is 16.5. The number of rotatable bonds is 65. The van der Waals surface area contributed by atoms with E-state index in [4.69, 9.17) is 4.74 Å². The molecule has 1 amide bonds. The Balaban J connectivity index is 3.42. The van der Waals surface area contributed by atoms with Crippen LogP contribution in [-0.4, -0.2) is 47.4 Å². The number of esters is 1. The predicted octanol–water partition coefficient (Wildman–Crippen LogP) is 22.1. The van der Waals surface area contributed by atoms with Gasteiger partial charge in [0, 0.05) is 12.8 Å². The molecule has 0 aromatic heterocycles. The number of hydrogen-bond donors (Lipinski definition) is 3. The smallest absolute Gasteiger partial charge is 0.305 e. The largest absolute Gasteiger partial charge is 0.466 e. The summed E-state index contributed by atoms with van der Waals surface area (Å²) in [5, 5.41) is 23.2. The molecule has 0 saturated heterocycles. The van der Waals surface area contributed by atoms with Crippen molar-refractivity contribution >= 4 is 11.9 Å². The third-order valence-electron chi connectivity index (χ3n) is 16.2. The van der Waals surface area contributed by atoms with Gasteiger partial charge >= 0.3 is 5.97 Å². The van der Waals surface area contributed by atoms with E-state index >= 15 is 0 Å². The lowest BCUT2D eigenvalue weighted by molar-refractivity contribution is -0.143. The van der Waals surface area contributed by atoms with Crippen molar-refractivity contribution < 1.29 is 24.5 Å². The molecular formula is C70H135NO5. The van der Waals surface area contributed by atoms with Gasteiger partial charge in [-0.15, -0.1) is 0 Å². The molecule has 0 aromatic rings. The molecule has 0 fully saturated rings.